The summed E-state index contributed by atoms with van der Waals surface area (Å²) in [5, 5.41) is 20.2. The van der Waals surface area contributed by atoms with Gasteiger partial charge in [0, 0.05) is 58.0 Å². The van der Waals surface area contributed by atoms with Gasteiger partial charge < -0.3 is 24.6 Å². The van der Waals surface area contributed by atoms with Gasteiger partial charge in [-0.25, -0.2) is 0 Å². The minimum atomic E-state index is -0.664. The molecule has 2 saturated heterocycles. The number of hydrogen-bond donors (Lipinski definition) is 2. The second-order valence-electron chi connectivity index (χ2n) is 8.84. The van der Waals surface area contributed by atoms with Gasteiger partial charge in [-0.15, -0.1) is 0 Å². The Morgan fingerprint density at radius 2 is 1.72 bits per heavy atom. The fourth-order valence-electron chi connectivity index (χ4n) is 4.77. The maximum absolute atomic E-state index is 11.3. The molecule has 32 heavy (non-hydrogen) atoms. The Kier molecular flexibility index (Phi) is 7.52. The highest BCUT2D eigenvalue weighted by Gasteiger charge is 2.38. The quantitative estimate of drug-likeness (QED) is 0.615. The highest BCUT2D eigenvalue weighted by Crippen LogP contribution is 2.30. The number of aliphatic hydroxyl groups excluding tert-OH is 1. The van der Waals surface area contributed by atoms with Crippen molar-refractivity contribution in [2.24, 2.45) is 0 Å². The molecule has 2 aromatic carbocycles. The first-order chi connectivity index (χ1) is 15.6. The van der Waals surface area contributed by atoms with Crippen LogP contribution in [0, 0.1) is 0 Å². The lowest BCUT2D eigenvalue weighted by Gasteiger charge is -2.39. The van der Waals surface area contributed by atoms with Crippen molar-refractivity contribution < 1.29 is 19.7 Å². The summed E-state index contributed by atoms with van der Waals surface area (Å²) in [6, 6.07) is 16.4. The van der Waals surface area contributed by atoms with Gasteiger partial charge in [-0.2, -0.15) is 0 Å². The number of nitrogens with zero attached hydrogens (tertiary/aromatic N) is 3. The van der Waals surface area contributed by atoms with Crippen molar-refractivity contribution >= 4 is 5.69 Å². The van der Waals surface area contributed by atoms with E-state index in [-0.39, 0.29) is 13.2 Å². The first-order valence-corrected chi connectivity index (χ1v) is 11.5. The molecule has 0 saturated carbocycles. The molecule has 0 aromatic heterocycles. The molecule has 1 unspecified atom stereocenters. The molecule has 7 heteroatoms. The minimum absolute atomic E-state index is 0.0292. The molecule has 2 aliphatic heterocycles. The van der Waals surface area contributed by atoms with Crippen molar-refractivity contribution in [2.75, 3.05) is 71.0 Å². The molecular formula is C25H35N3O4. The summed E-state index contributed by atoms with van der Waals surface area (Å²) in [6.07, 6.45) is 0.792. The van der Waals surface area contributed by atoms with Gasteiger partial charge in [-0.3, -0.25) is 9.80 Å². The first kappa shape index (κ1) is 22.9. The average Bonchev–Trinajstić information content (AvgIpc) is 3.19. The van der Waals surface area contributed by atoms with Crippen molar-refractivity contribution in [3.63, 3.8) is 0 Å². The third-order valence-electron chi connectivity index (χ3n) is 6.41. The van der Waals surface area contributed by atoms with Crippen LogP contribution in [0.15, 0.2) is 48.5 Å². The molecule has 2 heterocycles. The number of benzene rings is 2. The number of aliphatic hydroxyl groups is 2. The maximum atomic E-state index is 11.3. The number of β-amino-alcohol motifs (C(OH)–C–C–N with tert-alkyl or cyclic N) is 1. The van der Waals surface area contributed by atoms with Gasteiger partial charge in [-0.05, 0) is 36.2 Å². The molecule has 1 atom stereocenters. The monoisotopic (exact) mass is 441 g/mol. The largest absolute Gasteiger partial charge is 0.493 e. The molecule has 7 nitrogen and oxygen atoms in total. The second kappa shape index (κ2) is 10.5. The normalized spacial score (nSPS) is 22.3. The zero-order valence-electron chi connectivity index (χ0n) is 18.9. The molecular weight excluding hydrogens is 406 g/mol. The van der Waals surface area contributed by atoms with E-state index in [9.17, 15) is 5.11 Å². The molecule has 2 aromatic rings. The molecule has 2 N–H and O–H groups in total. The third-order valence-corrected chi connectivity index (χ3v) is 6.41. The lowest BCUT2D eigenvalue weighted by Crippen LogP contribution is -2.52. The maximum Gasteiger partial charge on any atom is 0.161 e. The van der Waals surface area contributed by atoms with Crippen LogP contribution in [-0.4, -0.2) is 91.8 Å². The SMILES string of the molecule is COc1cc(CN2CCC(O)(CN3CCN(c4ccccc4)CC3)C2)ccc1OCCO. The highest BCUT2D eigenvalue weighted by molar-refractivity contribution is 5.46. The molecule has 0 amide bonds. The summed E-state index contributed by atoms with van der Waals surface area (Å²) in [5.74, 6) is 1.31. The molecule has 2 aliphatic rings. The number of likely N-dealkylation sites (tertiary alicyclic amines) is 1. The number of piperazine rings is 1. The predicted octanol–water partition coefficient (Wildman–Crippen LogP) is 1.83. The lowest BCUT2D eigenvalue weighted by atomic mass is 10.0. The van der Waals surface area contributed by atoms with Crippen LogP contribution >= 0.6 is 0 Å². The fraction of sp³-hybridized carbons (Fsp3) is 0.520. The van der Waals surface area contributed by atoms with Crippen molar-refractivity contribution in [2.45, 2.75) is 18.6 Å². The van der Waals surface area contributed by atoms with Crippen LogP contribution in [0.2, 0.25) is 0 Å². The van der Waals surface area contributed by atoms with E-state index in [0.717, 1.165) is 57.8 Å². The average molecular weight is 442 g/mol. The van der Waals surface area contributed by atoms with E-state index in [0.29, 0.717) is 18.0 Å². The Morgan fingerprint density at radius 1 is 0.938 bits per heavy atom. The van der Waals surface area contributed by atoms with E-state index in [2.05, 4.69) is 45.0 Å². The topological polar surface area (TPSA) is 68.6 Å². The first-order valence-electron chi connectivity index (χ1n) is 11.5. The van der Waals surface area contributed by atoms with E-state index < -0.39 is 5.60 Å². The number of anilines is 1. The highest BCUT2D eigenvalue weighted by atomic mass is 16.5. The predicted molar refractivity (Wildman–Crippen MR) is 126 cm³/mol. The number of rotatable bonds is 9. The molecule has 0 spiro atoms. The summed E-state index contributed by atoms with van der Waals surface area (Å²) in [4.78, 5) is 7.13. The van der Waals surface area contributed by atoms with Crippen LogP contribution in [0.25, 0.3) is 0 Å². The van der Waals surface area contributed by atoms with E-state index in [4.69, 9.17) is 14.6 Å². The summed E-state index contributed by atoms with van der Waals surface area (Å²) < 4.78 is 11.0. The molecule has 2 fully saturated rings. The van der Waals surface area contributed by atoms with Crippen LogP contribution in [0.5, 0.6) is 11.5 Å². The van der Waals surface area contributed by atoms with Crippen LogP contribution < -0.4 is 14.4 Å². The zero-order valence-corrected chi connectivity index (χ0v) is 18.9. The Labute approximate surface area is 190 Å². The number of methoxy groups -OCH3 is 1. The molecule has 0 radical (unpaired) electrons. The van der Waals surface area contributed by atoms with E-state index in [1.807, 2.05) is 18.2 Å². The molecule has 4 rings (SSSR count). The third kappa shape index (κ3) is 5.72. The summed E-state index contributed by atoms with van der Waals surface area (Å²) in [7, 11) is 1.62. The van der Waals surface area contributed by atoms with Gasteiger partial charge in [0.2, 0.25) is 0 Å². The molecule has 174 valence electrons. The van der Waals surface area contributed by atoms with Crippen molar-refractivity contribution in [1.82, 2.24) is 9.80 Å². The summed E-state index contributed by atoms with van der Waals surface area (Å²) in [5.41, 5.74) is 1.74. The van der Waals surface area contributed by atoms with Crippen LogP contribution in [0.4, 0.5) is 5.69 Å². The fourth-order valence-corrected chi connectivity index (χ4v) is 4.77. The van der Waals surface area contributed by atoms with Crippen LogP contribution in [0.3, 0.4) is 0 Å². The van der Waals surface area contributed by atoms with Gasteiger partial charge in [-0.1, -0.05) is 24.3 Å². The standard InChI is InChI=1S/C25H35N3O4/c1-31-24-17-21(7-8-23(24)32-16-15-29)18-27-10-9-25(30,20-27)19-26-11-13-28(14-12-26)22-5-3-2-4-6-22/h2-8,17,29-30H,9-16,18-20H2,1H3. The molecule has 0 bridgehead atoms. The van der Waals surface area contributed by atoms with Crippen LogP contribution in [-0.2, 0) is 6.54 Å². The van der Waals surface area contributed by atoms with Gasteiger partial charge in [0.05, 0.1) is 19.3 Å². The smallest absolute Gasteiger partial charge is 0.161 e. The number of para-hydroxylation sites is 1. The summed E-state index contributed by atoms with van der Waals surface area (Å²) >= 11 is 0. The Bertz CT molecular complexity index is 858. The van der Waals surface area contributed by atoms with Gasteiger partial charge in [0.25, 0.3) is 0 Å². The Morgan fingerprint density at radius 3 is 2.44 bits per heavy atom. The summed E-state index contributed by atoms with van der Waals surface area (Å²) in [6.45, 7) is 7.20. The lowest BCUT2D eigenvalue weighted by molar-refractivity contribution is 0.00978. The Hall–Kier alpha value is -2.32. The van der Waals surface area contributed by atoms with E-state index in [1.54, 1.807) is 7.11 Å². The zero-order chi connectivity index (χ0) is 22.4. The van der Waals surface area contributed by atoms with Gasteiger partial charge in [0.15, 0.2) is 11.5 Å². The van der Waals surface area contributed by atoms with Crippen molar-refractivity contribution in [3.8, 4) is 11.5 Å². The van der Waals surface area contributed by atoms with Gasteiger partial charge in [0.1, 0.15) is 6.61 Å². The van der Waals surface area contributed by atoms with Crippen LogP contribution in [0.1, 0.15) is 12.0 Å². The Balaban J connectivity index is 1.27. The van der Waals surface area contributed by atoms with E-state index in [1.165, 1.54) is 5.69 Å². The van der Waals surface area contributed by atoms with Gasteiger partial charge >= 0.3 is 0 Å². The van der Waals surface area contributed by atoms with Crippen molar-refractivity contribution in [3.05, 3.63) is 54.1 Å². The molecule has 0 aliphatic carbocycles. The minimum Gasteiger partial charge on any atom is -0.493 e. The van der Waals surface area contributed by atoms with Crippen molar-refractivity contribution in [1.29, 1.82) is 0 Å². The number of ether oxygens (including phenoxy) is 2. The second-order valence-corrected chi connectivity index (χ2v) is 8.84. The number of hydrogen-bond acceptors (Lipinski definition) is 7. The van der Waals surface area contributed by atoms with E-state index >= 15 is 0 Å².